The molecule has 22 nitrogen and oxygen atoms in total. The highest BCUT2D eigenvalue weighted by Gasteiger charge is 2.54. The molecule has 0 saturated carbocycles. The molecule has 2 bridgehead atoms. The minimum Gasteiger partial charge on any atom is -0.465 e. The van der Waals surface area contributed by atoms with Gasteiger partial charge in [-0.3, -0.25) is 37.4 Å². The smallest absolute Gasteiger partial charge is 0.465 e. The van der Waals surface area contributed by atoms with Crippen LogP contribution in [0.3, 0.4) is 0 Å². The largest absolute Gasteiger partial charge is 0.527 e. The summed E-state index contributed by atoms with van der Waals surface area (Å²) in [5, 5.41) is 11.5. The number of alkyl halides is 3. The Morgan fingerprint density at radius 2 is 1.86 bits per heavy atom. The van der Waals surface area contributed by atoms with Gasteiger partial charge in [0.05, 0.1) is 18.3 Å². The van der Waals surface area contributed by atoms with Crippen LogP contribution in [0.4, 0.5) is 24.9 Å². The summed E-state index contributed by atoms with van der Waals surface area (Å²) in [6.45, 7) is -4.08. The molecule has 4 aromatic rings. The molecule has 0 aliphatic carbocycles. The molecule has 27 heteroatoms. The number of nitrogens with one attached hydrogen (secondary N) is 1. The van der Waals surface area contributed by atoms with Crippen molar-refractivity contribution in [2.75, 3.05) is 31.3 Å². The van der Waals surface area contributed by atoms with E-state index in [9.17, 15) is 42.0 Å². The number of aromatic amines is 1. The number of hydrogen-bond donors (Lipinski definition) is 6. The van der Waals surface area contributed by atoms with Crippen molar-refractivity contribution in [2.24, 2.45) is 0 Å². The van der Waals surface area contributed by atoms with E-state index in [1.165, 1.54) is 16.8 Å². The monoisotopic (exact) mass is 753 g/mol. The number of halogens is 3. The highest BCUT2D eigenvalue weighted by Crippen LogP contribution is 2.54. The van der Waals surface area contributed by atoms with Gasteiger partial charge in [-0.15, -0.1) is 0 Å². The normalized spacial score (nSPS) is 32.3. The van der Waals surface area contributed by atoms with Gasteiger partial charge in [-0.25, -0.2) is 24.1 Å². The number of anilines is 2. The van der Waals surface area contributed by atoms with E-state index in [-0.39, 0.29) is 22.6 Å². The lowest BCUT2D eigenvalue weighted by Gasteiger charge is -2.27. The Bertz CT molecular complexity index is 2160. The lowest BCUT2D eigenvalue weighted by atomic mass is 10.1. The SMILES string of the molecule is Nc1nc2c(ncn2[C@@H]2O[C@@H]3COP(=O)(O)OC4=C(COP(=O)(O)OC2C3OCC(F)(F)F)O[C@@H](n2ccc3c(N)ncnc32)C4O)c(=O)[nH]1. The summed E-state index contributed by atoms with van der Waals surface area (Å²) in [7, 11) is -10.7. The van der Waals surface area contributed by atoms with Crippen LogP contribution in [0, 0.1) is 0 Å². The summed E-state index contributed by atoms with van der Waals surface area (Å²) in [5.41, 5.74) is 10.3. The van der Waals surface area contributed by atoms with Crippen molar-refractivity contribution in [3.05, 3.63) is 46.8 Å². The zero-order valence-corrected chi connectivity index (χ0v) is 26.5. The molecule has 7 rings (SSSR count). The Labute approximate surface area is 274 Å². The molecule has 0 spiro atoms. The fourth-order valence-corrected chi connectivity index (χ4v) is 7.24. The van der Waals surface area contributed by atoms with E-state index in [1.54, 1.807) is 0 Å². The van der Waals surface area contributed by atoms with E-state index in [1.807, 2.05) is 0 Å². The number of nitrogens with two attached hydrogens (primary N) is 2. The highest BCUT2D eigenvalue weighted by molar-refractivity contribution is 7.47. The number of phosphoric acid groups is 2. The first-order valence-electron chi connectivity index (χ1n) is 14.0. The lowest BCUT2D eigenvalue weighted by molar-refractivity contribution is -0.196. The fraction of sp³-hybridized carbons (Fsp3) is 0.435. The quantitative estimate of drug-likeness (QED) is 0.153. The van der Waals surface area contributed by atoms with Crippen LogP contribution in [0.2, 0.25) is 0 Å². The maximum atomic E-state index is 13.4. The molecule has 8 atom stereocenters. The van der Waals surface area contributed by atoms with Crippen LogP contribution in [-0.4, -0.2) is 99.4 Å². The number of aliphatic hydroxyl groups is 1. The first kappa shape index (κ1) is 34.3. The predicted octanol–water partition coefficient (Wildman–Crippen LogP) is 0.324. The minimum absolute atomic E-state index is 0.0812. The van der Waals surface area contributed by atoms with Gasteiger partial charge in [0.2, 0.25) is 12.2 Å². The molecule has 8 N–H and O–H groups in total. The van der Waals surface area contributed by atoms with Crippen molar-refractivity contribution in [2.45, 2.75) is 43.0 Å². The van der Waals surface area contributed by atoms with E-state index in [0.717, 1.165) is 17.2 Å². The van der Waals surface area contributed by atoms with Gasteiger partial charge in [0.1, 0.15) is 49.3 Å². The minimum atomic E-state index is -5.40. The second-order valence-corrected chi connectivity index (χ2v) is 13.6. The summed E-state index contributed by atoms with van der Waals surface area (Å²) in [5.74, 6) is -1.66. The fourth-order valence-electron chi connectivity index (χ4n) is 5.52. The summed E-state index contributed by atoms with van der Waals surface area (Å²) in [6, 6.07) is 1.49. The van der Waals surface area contributed by atoms with Crippen LogP contribution in [0.15, 0.2) is 41.2 Å². The Balaban J connectivity index is 1.25. The first-order valence-corrected chi connectivity index (χ1v) is 17.0. The Morgan fingerprint density at radius 3 is 2.62 bits per heavy atom. The van der Waals surface area contributed by atoms with Crippen LogP contribution < -0.4 is 17.0 Å². The summed E-state index contributed by atoms with van der Waals surface area (Å²) in [4.78, 5) is 51.9. The van der Waals surface area contributed by atoms with Gasteiger partial charge in [0.25, 0.3) is 5.56 Å². The number of rotatable bonds is 4. The average molecular weight is 753 g/mol. The number of aromatic nitrogens is 7. The molecule has 0 amide bonds. The number of imidazole rings is 1. The van der Waals surface area contributed by atoms with Gasteiger partial charge in [0, 0.05) is 6.20 Å². The zero-order chi connectivity index (χ0) is 35.7. The van der Waals surface area contributed by atoms with Gasteiger partial charge in [-0.05, 0) is 6.07 Å². The molecule has 3 aliphatic rings. The number of hydrogen-bond acceptors (Lipinski definition) is 17. The van der Waals surface area contributed by atoms with Crippen LogP contribution >= 0.6 is 15.6 Å². The number of fused-ring (bicyclic) bond motifs is 4. The van der Waals surface area contributed by atoms with Crippen LogP contribution in [0.25, 0.3) is 22.2 Å². The van der Waals surface area contributed by atoms with E-state index in [0.29, 0.717) is 5.39 Å². The van der Waals surface area contributed by atoms with Crippen LogP contribution in [0.5, 0.6) is 0 Å². The highest BCUT2D eigenvalue weighted by atomic mass is 31.2. The molecule has 1 fully saturated rings. The summed E-state index contributed by atoms with van der Waals surface area (Å²) < 4.78 is 106. The van der Waals surface area contributed by atoms with Gasteiger partial charge in [-0.2, -0.15) is 18.2 Å². The van der Waals surface area contributed by atoms with E-state index < -0.39 is 102 Å². The molecule has 0 radical (unpaired) electrons. The second kappa shape index (κ2) is 12.3. The standard InChI is InChI=1S/C23H24F3N9O13P2/c24-23(25,26)5-42-14-10-4-44-49(38,39)47-13-9(45-20(12(13)36)34-2-1-8-16(27)29-6-30-17(8)34)3-43-50(40,41)48-15(14)21(46-10)35-7-31-11-18(35)32-22(28)33-19(11)37/h1-2,6-7,10,12,14-15,20-21,36H,3-5H2,(H,38,39)(H,40,41)(H2,27,29,30)(H3,28,32,33,37)/t10-,12?,14?,15?,20-,21-/m1/s1. The second-order valence-electron chi connectivity index (χ2n) is 10.9. The number of ether oxygens (including phenoxy) is 3. The number of phosphoric ester groups is 2. The van der Waals surface area contributed by atoms with E-state index in [4.69, 9.17) is 43.8 Å². The van der Waals surface area contributed by atoms with Crippen molar-refractivity contribution in [1.29, 1.82) is 0 Å². The van der Waals surface area contributed by atoms with Crippen molar-refractivity contribution in [3.8, 4) is 0 Å². The summed E-state index contributed by atoms with van der Waals surface area (Å²) >= 11 is 0. The molecular formula is C23H24F3N9O13P2. The first-order chi connectivity index (χ1) is 23.5. The topological polar surface area (TPSA) is 306 Å². The maximum absolute atomic E-state index is 13.4. The van der Waals surface area contributed by atoms with E-state index >= 15 is 0 Å². The van der Waals surface area contributed by atoms with Crippen LogP contribution in [0.1, 0.15) is 12.5 Å². The van der Waals surface area contributed by atoms with Gasteiger partial charge < -0.3 is 40.2 Å². The zero-order valence-electron chi connectivity index (χ0n) is 24.7. The van der Waals surface area contributed by atoms with Crippen LogP contribution in [-0.2, 0) is 41.4 Å². The molecule has 4 aromatic heterocycles. The molecule has 3 aliphatic heterocycles. The number of H-pyrrole nitrogens is 1. The third-order valence-corrected chi connectivity index (χ3v) is 9.44. The third kappa shape index (κ3) is 6.43. The Morgan fingerprint density at radius 1 is 1.08 bits per heavy atom. The third-order valence-electron chi connectivity index (χ3n) is 7.57. The number of aliphatic hydroxyl groups excluding tert-OH is 1. The predicted molar refractivity (Wildman–Crippen MR) is 155 cm³/mol. The van der Waals surface area contributed by atoms with E-state index in [2.05, 4.69) is 24.9 Å². The van der Waals surface area contributed by atoms with Crippen molar-refractivity contribution in [1.82, 2.24) is 34.1 Å². The van der Waals surface area contributed by atoms with Crippen molar-refractivity contribution < 1.29 is 69.5 Å². The molecule has 0 aromatic carbocycles. The Kier molecular flexibility index (Phi) is 8.41. The van der Waals surface area contributed by atoms with Crippen molar-refractivity contribution >= 4 is 49.6 Å². The Hall–Kier alpha value is -4.16. The molecule has 1 saturated heterocycles. The molecular weight excluding hydrogens is 729 g/mol. The molecule has 7 heterocycles. The molecule has 5 unspecified atom stereocenters. The number of nitrogens with zero attached hydrogens (tertiary/aromatic N) is 6. The number of nitrogen functional groups attached to an aromatic ring is 2. The summed E-state index contributed by atoms with van der Waals surface area (Å²) in [6.07, 6.45) is -12.3. The van der Waals surface area contributed by atoms with Gasteiger partial charge >= 0.3 is 21.8 Å². The van der Waals surface area contributed by atoms with Gasteiger partial charge in [0.15, 0.2) is 35.0 Å². The van der Waals surface area contributed by atoms with Crippen molar-refractivity contribution in [3.63, 3.8) is 0 Å². The molecule has 270 valence electrons. The lowest BCUT2D eigenvalue weighted by Crippen LogP contribution is -2.40. The average Bonchev–Trinajstić information content (AvgIpc) is 3.78. The maximum Gasteiger partial charge on any atom is 0.527 e. The molecule has 50 heavy (non-hydrogen) atoms. The van der Waals surface area contributed by atoms with Gasteiger partial charge in [-0.1, -0.05) is 0 Å².